The first-order valence-electron chi connectivity index (χ1n) is 8.94. The molecule has 1 N–H and O–H groups in total. The second-order valence-corrected chi connectivity index (χ2v) is 8.76. The average molecular weight is 407 g/mol. The number of nitro groups is 1. The molecule has 1 amide bonds. The highest BCUT2D eigenvalue weighted by Gasteiger charge is 2.19. The monoisotopic (exact) mass is 407 g/mol. The van der Waals surface area contributed by atoms with Gasteiger partial charge in [0.2, 0.25) is 0 Å². The van der Waals surface area contributed by atoms with Crippen LogP contribution >= 0.6 is 0 Å². The fourth-order valence-electron chi connectivity index (χ4n) is 3.15. The van der Waals surface area contributed by atoms with E-state index in [1.165, 1.54) is 0 Å². The van der Waals surface area contributed by atoms with Crippen molar-refractivity contribution >= 4 is 21.4 Å². The Morgan fingerprint density at radius 3 is 2.75 bits per heavy atom. The Bertz CT molecular complexity index is 1010. The maximum Gasteiger partial charge on any atom is 0.271 e. The number of fused-ring (bicyclic) bond motifs is 1. The van der Waals surface area contributed by atoms with E-state index in [0.29, 0.717) is 6.42 Å². The second-order valence-electron chi connectivity index (χ2n) is 6.75. The van der Waals surface area contributed by atoms with Crippen LogP contribution in [0.2, 0.25) is 0 Å². The number of nitrogens with one attached hydrogen (secondary N) is 1. The van der Waals surface area contributed by atoms with E-state index in [2.05, 4.69) is 20.1 Å². The summed E-state index contributed by atoms with van der Waals surface area (Å²) in [6.45, 7) is 1.11. The minimum Gasteiger partial charge on any atom is -0.352 e. The first kappa shape index (κ1) is 19.9. The predicted octanol–water partition coefficient (Wildman–Crippen LogP) is 1.29. The van der Waals surface area contributed by atoms with E-state index in [4.69, 9.17) is 0 Å². The summed E-state index contributed by atoms with van der Waals surface area (Å²) in [6, 6.07) is 3.14. The molecule has 1 aromatic heterocycles. The summed E-state index contributed by atoms with van der Waals surface area (Å²) in [6.07, 6.45) is 5.59. The highest BCUT2D eigenvalue weighted by atomic mass is 32.2. The number of aromatic nitrogens is 3. The summed E-state index contributed by atoms with van der Waals surface area (Å²) in [5.74, 6) is 1.16. The molecule has 150 valence electrons. The molecule has 0 atom stereocenters. The smallest absolute Gasteiger partial charge is 0.271 e. The van der Waals surface area contributed by atoms with E-state index in [1.54, 1.807) is 0 Å². The van der Waals surface area contributed by atoms with Crippen LogP contribution in [0.25, 0.3) is 0 Å². The van der Waals surface area contributed by atoms with Crippen LogP contribution in [0.4, 0.5) is 5.69 Å². The second kappa shape index (κ2) is 8.05. The fourth-order valence-corrected chi connectivity index (χ4v) is 3.83. The van der Waals surface area contributed by atoms with Gasteiger partial charge < -0.3 is 9.88 Å². The van der Waals surface area contributed by atoms with Gasteiger partial charge in [0.1, 0.15) is 11.6 Å². The number of carbonyl (C=O) groups excluding carboxylic acids is 1. The molecule has 2 heterocycles. The van der Waals surface area contributed by atoms with Crippen LogP contribution in [-0.4, -0.2) is 46.8 Å². The standard InChI is InChI=1S/C17H21N5O5S/c1-28(26,27)14-10-12(9-13(11-14)22(24)25)17(23)18-7-6-16-20-19-15-5-3-2-4-8-21(15)16/h9-11H,2-8H2,1H3,(H,18,23). The summed E-state index contributed by atoms with van der Waals surface area (Å²) in [7, 11) is -3.69. The van der Waals surface area contributed by atoms with Crippen LogP contribution in [0.1, 0.15) is 41.3 Å². The number of benzene rings is 1. The van der Waals surface area contributed by atoms with Crippen molar-refractivity contribution in [2.24, 2.45) is 0 Å². The van der Waals surface area contributed by atoms with Gasteiger partial charge in [0, 0.05) is 49.9 Å². The van der Waals surface area contributed by atoms with E-state index in [1.807, 2.05) is 0 Å². The molecule has 1 aliphatic heterocycles. The minimum absolute atomic E-state index is 0.0744. The number of aryl methyl sites for hydroxylation is 1. The van der Waals surface area contributed by atoms with Crippen LogP contribution < -0.4 is 5.32 Å². The van der Waals surface area contributed by atoms with Gasteiger partial charge in [-0.1, -0.05) is 6.42 Å². The van der Waals surface area contributed by atoms with Crippen LogP contribution in [0.5, 0.6) is 0 Å². The lowest BCUT2D eigenvalue weighted by molar-refractivity contribution is -0.385. The Hall–Kier alpha value is -2.82. The van der Waals surface area contributed by atoms with Crippen molar-refractivity contribution < 1.29 is 18.1 Å². The molecule has 2 aromatic rings. The number of amides is 1. The highest BCUT2D eigenvalue weighted by molar-refractivity contribution is 7.90. The summed E-state index contributed by atoms with van der Waals surface area (Å²) in [4.78, 5) is 22.5. The van der Waals surface area contributed by atoms with Crippen LogP contribution in [0.3, 0.4) is 0 Å². The summed E-state index contributed by atoms with van der Waals surface area (Å²) >= 11 is 0. The molecule has 0 spiro atoms. The number of carbonyl (C=O) groups is 1. The number of rotatable bonds is 6. The number of nitro benzene ring substituents is 1. The van der Waals surface area contributed by atoms with E-state index in [0.717, 1.165) is 68.3 Å². The molecule has 11 heteroatoms. The Labute approximate surface area is 162 Å². The van der Waals surface area contributed by atoms with Gasteiger partial charge >= 0.3 is 0 Å². The minimum atomic E-state index is -3.69. The molecule has 0 saturated carbocycles. The van der Waals surface area contributed by atoms with Gasteiger partial charge in [-0.15, -0.1) is 10.2 Å². The lowest BCUT2D eigenvalue weighted by Crippen LogP contribution is -2.27. The Balaban J connectivity index is 1.71. The zero-order valence-electron chi connectivity index (χ0n) is 15.4. The van der Waals surface area contributed by atoms with Crippen LogP contribution in [0, 0.1) is 10.1 Å². The molecular weight excluding hydrogens is 386 g/mol. The van der Waals surface area contributed by atoms with Crippen molar-refractivity contribution in [3.63, 3.8) is 0 Å². The molecule has 0 fully saturated rings. The average Bonchev–Trinajstić information content (AvgIpc) is 2.87. The fraction of sp³-hybridized carbons (Fsp3) is 0.471. The first-order valence-corrected chi connectivity index (χ1v) is 10.8. The van der Waals surface area contributed by atoms with Crippen molar-refractivity contribution in [3.05, 3.63) is 45.5 Å². The third-order valence-electron chi connectivity index (χ3n) is 4.61. The maximum atomic E-state index is 12.4. The number of hydrogen-bond acceptors (Lipinski definition) is 7. The van der Waals surface area contributed by atoms with Gasteiger partial charge in [-0.3, -0.25) is 14.9 Å². The molecule has 0 aliphatic carbocycles. The van der Waals surface area contributed by atoms with Crippen LogP contribution in [0.15, 0.2) is 23.1 Å². The quantitative estimate of drug-likeness (QED) is 0.562. The third kappa shape index (κ3) is 4.53. The Morgan fingerprint density at radius 1 is 1.25 bits per heavy atom. The number of nitrogens with zero attached hydrogens (tertiary/aromatic N) is 4. The lowest BCUT2D eigenvalue weighted by Gasteiger charge is -2.09. The van der Waals surface area contributed by atoms with E-state index in [-0.39, 0.29) is 17.0 Å². The number of hydrogen-bond donors (Lipinski definition) is 1. The molecule has 3 rings (SSSR count). The molecule has 0 radical (unpaired) electrons. The van der Waals surface area contributed by atoms with Crippen molar-refractivity contribution in [1.82, 2.24) is 20.1 Å². The maximum absolute atomic E-state index is 12.4. The van der Waals surface area contributed by atoms with Crippen molar-refractivity contribution in [3.8, 4) is 0 Å². The predicted molar refractivity (Wildman–Crippen MR) is 99.8 cm³/mol. The van der Waals surface area contributed by atoms with Gasteiger partial charge in [-0.2, -0.15) is 0 Å². The number of non-ortho nitro benzene ring substituents is 1. The molecule has 1 aliphatic rings. The zero-order valence-corrected chi connectivity index (χ0v) is 16.2. The van der Waals surface area contributed by atoms with E-state index >= 15 is 0 Å². The Morgan fingerprint density at radius 2 is 2.04 bits per heavy atom. The van der Waals surface area contributed by atoms with Gasteiger partial charge in [0.25, 0.3) is 11.6 Å². The first-order chi connectivity index (χ1) is 13.3. The van der Waals surface area contributed by atoms with Gasteiger partial charge in [0.15, 0.2) is 9.84 Å². The number of sulfone groups is 1. The normalized spacial score (nSPS) is 14.2. The van der Waals surface area contributed by atoms with Crippen molar-refractivity contribution in [1.29, 1.82) is 0 Å². The Kier molecular flexibility index (Phi) is 5.73. The highest BCUT2D eigenvalue weighted by Crippen LogP contribution is 2.21. The molecule has 10 nitrogen and oxygen atoms in total. The molecule has 0 unspecified atom stereocenters. The SMILES string of the molecule is CS(=O)(=O)c1cc(C(=O)NCCc2nnc3n2CCCCC3)cc([N+](=O)[O-])c1. The molecular formula is C17H21N5O5S. The lowest BCUT2D eigenvalue weighted by atomic mass is 10.2. The molecule has 0 bridgehead atoms. The van der Waals surface area contributed by atoms with Gasteiger partial charge in [-0.25, -0.2) is 8.42 Å². The molecule has 28 heavy (non-hydrogen) atoms. The summed E-state index contributed by atoms with van der Waals surface area (Å²) in [5, 5.41) is 22.1. The van der Waals surface area contributed by atoms with Crippen LogP contribution in [-0.2, 0) is 29.2 Å². The third-order valence-corrected chi connectivity index (χ3v) is 5.70. The van der Waals surface area contributed by atoms with Gasteiger partial charge in [-0.05, 0) is 18.9 Å². The van der Waals surface area contributed by atoms with E-state index < -0.39 is 26.4 Å². The summed E-state index contributed by atoms with van der Waals surface area (Å²) in [5.41, 5.74) is -0.523. The van der Waals surface area contributed by atoms with Crippen molar-refractivity contribution in [2.45, 2.75) is 43.5 Å². The van der Waals surface area contributed by atoms with Gasteiger partial charge in [0.05, 0.1) is 9.82 Å². The topological polar surface area (TPSA) is 137 Å². The molecule has 0 saturated heterocycles. The summed E-state index contributed by atoms with van der Waals surface area (Å²) < 4.78 is 25.6. The van der Waals surface area contributed by atoms with Crippen molar-refractivity contribution in [2.75, 3.05) is 12.8 Å². The van der Waals surface area contributed by atoms with E-state index in [9.17, 15) is 23.3 Å². The zero-order chi connectivity index (χ0) is 20.3. The largest absolute Gasteiger partial charge is 0.352 e. The molecule has 1 aromatic carbocycles.